The van der Waals surface area contributed by atoms with Crippen LogP contribution in [0.3, 0.4) is 0 Å². The largest absolute Gasteiger partial charge is 0.391 e. The van der Waals surface area contributed by atoms with Crippen molar-refractivity contribution in [3.8, 4) is 0 Å². The van der Waals surface area contributed by atoms with E-state index in [0.29, 0.717) is 12.8 Å². The Balaban J connectivity index is 1.90. The average molecular weight is 323 g/mol. The highest BCUT2D eigenvalue weighted by Gasteiger charge is 2.43. The van der Waals surface area contributed by atoms with Crippen LogP contribution in [0.5, 0.6) is 0 Å². The lowest BCUT2D eigenvalue weighted by Crippen LogP contribution is -2.39. The van der Waals surface area contributed by atoms with Crippen LogP contribution >= 0.6 is 11.6 Å². The quantitative estimate of drug-likeness (QED) is 0.840. The van der Waals surface area contributed by atoms with Crippen LogP contribution in [-0.4, -0.2) is 22.1 Å². The number of halogens is 4. The van der Waals surface area contributed by atoms with Crippen molar-refractivity contribution in [2.45, 2.75) is 31.9 Å². The molecule has 0 saturated heterocycles. The molecule has 1 aromatic heterocycles. The van der Waals surface area contributed by atoms with Crippen molar-refractivity contribution >= 4 is 23.3 Å². The highest BCUT2D eigenvalue weighted by atomic mass is 35.5. The van der Waals surface area contributed by atoms with Gasteiger partial charge < -0.3 is 0 Å². The van der Waals surface area contributed by atoms with Gasteiger partial charge in [-0.25, -0.2) is 9.97 Å². The number of alkyl halides is 3. The van der Waals surface area contributed by atoms with Crippen LogP contribution in [0.4, 0.5) is 19.0 Å². The Morgan fingerprint density at radius 3 is 2.67 bits per heavy atom. The zero-order valence-corrected chi connectivity index (χ0v) is 11.7. The maximum Gasteiger partial charge on any atom is 0.391 e. The minimum absolute atomic E-state index is 0.0645. The molecule has 21 heavy (non-hydrogen) atoms. The predicted molar refractivity (Wildman–Crippen MR) is 70.3 cm³/mol. The fraction of sp³-hybridized carbons (Fsp3) is 0.583. The van der Waals surface area contributed by atoms with Gasteiger partial charge in [0.2, 0.25) is 5.91 Å². The van der Waals surface area contributed by atoms with Crippen molar-refractivity contribution < 1.29 is 18.0 Å². The van der Waals surface area contributed by atoms with Crippen molar-refractivity contribution in [3.05, 3.63) is 17.5 Å². The highest BCUT2D eigenvalue weighted by Crippen LogP contribution is 2.39. The minimum Gasteiger partial charge on any atom is -0.279 e. The van der Waals surface area contributed by atoms with E-state index >= 15 is 0 Å². The van der Waals surface area contributed by atoms with Crippen LogP contribution in [0, 0.1) is 11.8 Å². The third-order valence-corrected chi connectivity index (χ3v) is 3.74. The average Bonchev–Trinajstić information content (AvgIpc) is 2.45. The monoisotopic (exact) mass is 322 g/mol. The summed E-state index contributed by atoms with van der Waals surface area (Å²) < 4.78 is 38.1. The third-order valence-electron chi connectivity index (χ3n) is 3.47. The van der Waals surface area contributed by atoms with E-state index in [1.807, 2.05) is 0 Å². The van der Waals surface area contributed by atoms with Gasteiger partial charge in [0.25, 0.3) is 0 Å². The Kier molecular flexibility index (Phi) is 4.87. The molecule has 1 heterocycles. The molecule has 116 valence electrons. The number of hydrazine groups is 1. The van der Waals surface area contributed by atoms with E-state index in [1.54, 1.807) is 0 Å². The van der Waals surface area contributed by atoms with Crippen molar-refractivity contribution in [3.63, 3.8) is 0 Å². The number of nitrogens with zero attached hydrogens (tertiary/aromatic N) is 2. The predicted octanol–water partition coefficient (Wildman–Crippen LogP) is 2.94. The van der Waals surface area contributed by atoms with Crippen LogP contribution < -0.4 is 10.9 Å². The summed E-state index contributed by atoms with van der Waals surface area (Å²) in [6.07, 6.45) is -0.782. The van der Waals surface area contributed by atoms with Gasteiger partial charge >= 0.3 is 6.18 Å². The summed E-state index contributed by atoms with van der Waals surface area (Å²) in [5, 5.41) is 0.0645. The normalized spacial score (nSPS) is 22.7. The van der Waals surface area contributed by atoms with E-state index in [4.69, 9.17) is 11.6 Å². The van der Waals surface area contributed by atoms with E-state index in [9.17, 15) is 18.0 Å². The van der Waals surface area contributed by atoms with Gasteiger partial charge in [0.1, 0.15) is 0 Å². The molecule has 1 aromatic rings. The molecule has 0 spiro atoms. The zero-order valence-electron chi connectivity index (χ0n) is 11.0. The van der Waals surface area contributed by atoms with Gasteiger partial charge in [0.15, 0.2) is 11.0 Å². The van der Waals surface area contributed by atoms with Crippen LogP contribution in [0.25, 0.3) is 0 Å². The lowest BCUT2D eigenvalue weighted by atomic mass is 9.80. The molecule has 2 N–H and O–H groups in total. The maximum atomic E-state index is 12.7. The fourth-order valence-electron chi connectivity index (χ4n) is 2.35. The number of hydrogen-bond acceptors (Lipinski definition) is 4. The molecule has 0 unspecified atom stereocenters. The fourth-order valence-corrected chi connectivity index (χ4v) is 2.51. The molecule has 0 bridgehead atoms. The van der Waals surface area contributed by atoms with Crippen LogP contribution in [0.1, 0.15) is 25.7 Å². The van der Waals surface area contributed by atoms with Gasteiger partial charge in [-0.15, -0.1) is 0 Å². The van der Waals surface area contributed by atoms with E-state index in [-0.39, 0.29) is 23.8 Å². The van der Waals surface area contributed by atoms with Crippen molar-refractivity contribution in [1.29, 1.82) is 0 Å². The first-order chi connectivity index (χ1) is 9.88. The zero-order chi connectivity index (χ0) is 15.5. The van der Waals surface area contributed by atoms with Gasteiger partial charge in [-0.2, -0.15) is 13.2 Å². The summed E-state index contributed by atoms with van der Waals surface area (Å²) in [7, 11) is 0. The Morgan fingerprint density at radius 1 is 1.29 bits per heavy atom. The molecule has 0 aromatic carbocycles. The topological polar surface area (TPSA) is 66.9 Å². The summed E-state index contributed by atoms with van der Waals surface area (Å²) in [6, 6.07) is 0. The highest BCUT2D eigenvalue weighted by molar-refractivity contribution is 6.31. The molecule has 0 radical (unpaired) electrons. The van der Waals surface area contributed by atoms with E-state index in [1.165, 1.54) is 12.4 Å². The van der Waals surface area contributed by atoms with Crippen molar-refractivity contribution in [1.82, 2.24) is 15.4 Å². The number of carbonyl (C=O) groups excluding carboxylic acids is 1. The molecule has 1 aliphatic carbocycles. The molecule has 2 rings (SSSR count). The molecule has 2 atom stereocenters. The smallest absolute Gasteiger partial charge is 0.279 e. The number of rotatable bonds is 3. The van der Waals surface area contributed by atoms with Gasteiger partial charge in [-0.3, -0.25) is 15.6 Å². The molecule has 5 nitrogen and oxygen atoms in total. The third kappa shape index (κ3) is 4.20. The molecule has 1 saturated carbocycles. The first-order valence-electron chi connectivity index (χ1n) is 6.47. The van der Waals surface area contributed by atoms with E-state index in [2.05, 4.69) is 20.8 Å². The number of hydrogen-bond donors (Lipinski definition) is 2. The molecule has 1 fully saturated rings. The second-order valence-corrected chi connectivity index (χ2v) is 5.27. The molecular formula is C12H14ClF3N4O. The number of amides is 1. The number of nitrogens with one attached hydrogen (secondary N) is 2. The van der Waals surface area contributed by atoms with Crippen LogP contribution in [0.15, 0.2) is 12.4 Å². The lowest BCUT2D eigenvalue weighted by molar-refractivity contribution is -0.186. The first kappa shape index (κ1) is 15.8. The number of anilines is 1. The summed E-state index contributed by atoms with van der Waals surface area (Å²) >= 11 is 5.74. The first-order valence-corrected chi connectivity index (χ1v) is 6.85. The molecule has 9 heteroatoms. The minimum atomic E-state index is -4.25. The van der Waals surface area contributed by atoms with Gasteiger partial charge in [0, 0.05) is 18.3 Å². The number of carbonyl (C=O) groups is 1. The summed E-state index contributed by atoms with van der Waals surface area (Å²) in [5.41, 5.74) is 4.82. The second kappa shape index (κ2) is 6.46. The molecule has 0 aliphatic heterocycles. The maximum absolute atomic E-state index is 12.7. The summed E-state index contributed by atoms with van der Waals surface area (Å²) in [4.78, 5) is 19.5. The van der Waals surface area contributed by atoms with Crippen LogP contribution in [-0.2, 0) is 4.79 Å². The van der Waals surface area contributed by atoms with Crippen molar-refractivity contribution in [2.24, 2.45) is 11.8 Å². The second-order valence-electron chi connectivity index (χ2n) is 4.91. The molecule has 1 aliphatic rings. The standard InChI is InChI=1S/C12H14ClF3N4O/c13-9-10(18-5-4-17-9)19-20-11(21)7-2-1-3-8(6-7)12(14,15)16/h4-5,7-8H,1-3,6H2,(H,18,19)(H,20,21)/t7-,8+/m0/s1. The molecular weight excluding hydrogens is 309 g/mol. The molecule has 1 amide bonds. The van der Waals surface area contributed by atoms with Crippen molar-refractivity contribution in [2.75, 3.05) is 5.43 Å². The Morgan fingerprint density at radius 2 is 2.00 bits per heavy atom. The lowest BCUT2D eigenvalue weighted by Gasteiger charge is -2.29. The summed E-state index contributed by atoms with van der Waals surface area (Å²) in [5.74, 6) is -2.43. The van der Waals surface area contributed by atoms with Gasteiger partial charge in [-0.1, -0.05) is 18.0 Å². The van der Waals surface area contributed by atoms with Gasteiger partial charge in [0.05, 0.1) is 5.92 Å². The number of aromatic nitrogens is 2. The van der Waals surface area contributed by atoms with Gasteiger partial charge in [-0.05, 0) is 19.3 Å². The Bertz CT molecular complexity index is 512. The Labute approximate surface area is 124 Å². The SMILES string of the molecule is O=C(NNc1nccnc1Cl)[C@H]1CCC[C@@H](C(F)(F)F)C1. The van der Waals surface area contributed by atoms with E-state index in [0.717, 1.165) is 0 Å². The summed E-state index contributed by atoms with van der Waals surface area (Å²) in [6.45, 7) is 0. The van der Waals surface area contributed by atoms with E-state index < -0.39 is 23.9 Å². The Hall–Kier alpha value is -1.57. The van der Waals surface area contributed by atoms with Crippen LogP contribution in [0.2, 0.25) is 5.15 Å².